The van der Waals surface area contributed by atoms with Crippen molar-refractivity contribution in [2.75, 3.05) is 14.1 Å². The fourth-order valence-electron chi connectivity index (χ4n) is 3.08. The molecule has 0 saturated carbocycles. The zero-order valence-electron chi connectivity index (χ0n) is 16.0. The Morgan fingerprint density at radius 1 is 1.03 bits per heavy atom. The number of halogens is 2. The minimum Gasteiger partial charge on any atom is -0.302 e. The minimum absolute atomic E-state index is 0.0343. The first-order valence-corrected chi connectivity index (χ1v) is 10.5. The second kappa shape index (κ2) is 7.74. The Hall–Kier alpha value is -2.49. The third-order valence-electron chi connectivity index (χ3n) is 4.67. The number of hydrogen-bond donors (Lipinski definition) is 0. The zero-order valence-corrected chi connectivity index (χ0v) is 17.6. The van der Waals surface area contributed by atoms with Crippen LogP contribution in [0.5, 0.6) is 0 Å². The van der Waals surface area contributed by atoms with E-state index < -0.39 is 27.0 Å². The van der Waals surface area contributed by atoms with Gasteiger partial charge in [-0.25, -0.2) is 17.1 Å². The average molecular weight is 440 g/mol. The molecule has 1 heterocycles. The molecule has 154 valence electrons. The van der Waals surface area contributed by atoms with Gasteiger partial charge in [0.25, 0.3) is 0 Å². The predicted octanol–water partition coefficient (Wildman–Crippen LogP) is 2.27. The van der Waals surface area contributed by atoms with E-state index in [9.17, 15) is 22.4 Å². The van der Waals surface area contributed by atoms with Crippen LogP contribution in [0, 0.1) is 5.82 Å². The number of rotatable bonds is 5. The summed E-state index contributed by atoms with van der Waals surface area (Å²) in [6.07, 6.45) is 0. The van der Waals surface area contributed by atoms with Crippen molar-refractivity contribution in [1.29, 1.82) is 0 Å². The number of aromatic nitrogens is 2. The lowest BCUT2D eigenvalue weighted by atomic mass is 10.2. The molecule has 0 amide bonds. The molecule has 2 aromatic carbocycles. The second-order valence-corrected chi connectivity index (χ2v) is 9.14. The predicted molar refractivity (Wildman–Crippen MR) is 110 cm³/mol. The van der Waals surface area contributed by atoms with E-state index in [1.165, 1.54) is 55.1 Å². The fourth-order valence-corrected chi connectivity index (χ4v) is 4.23. The summed E-state index contributed by atoms with van der Waals surface area (Å²) in [5.74, 6) is -0.630. The van der Waals surface area contributed by atoms with Gasteiger partial charge in [0.2, 0.25) is 10.0 Å². The molecule has 0 bridgehead atoms. The molecule has 29 heavy (non-hydrogen) atoms. The molecule has 0 saturated heterocycles. The maximum Gasteiger partial charge on any atom is 0.317 e. The van der Waals surface area contributed by atoms with Gasteiger partial charge in [0, 0.05) is 31.2 Å². The van der Waals surface area contributed by atoms with Gasteiger partial charge in [0.1, 0.15) is 5.82 Å². The second-order valence-electron chi connectivity index (χ2n) is 6.58. The maximum atomic E-state index is 14.3. The SMILES string of the molecule is CCn1c(=O)c(=O)n(Cc2c(F)cccc2Cl)c2cc(S(=O)(=O)N(C)C)ccc21. The number of hydrogen-bond acceptors (Lipinski definition) is 4. The molecule has 3 aromatic rings. The van der Waals surface area contributed by atoms with Gasteiger partial charge in [-0.3, -0.25) is 14.2 Å². The Labute approximate surface area is 171 Å². The van der Waals surface area contributed by atoms with Gasteiger partial charge < -0.3 is 4.57 Å². The Kier molecular flexibility index (Phi) is 5.66. The first-order chi connectivity index (χ1) is 13.6. The lowest BCUT2D eigenvalue weighted by molar-refractivity contribution is 0.520. The van der Waals surface area contributed by atoms with E-state index in [1.54, 1.807) is 6.92 Å². The number of sulfonamides is 1. The molecule has 3 rings (SSSR count). The van der Waals surface area contributed by atoms with E-state index in [-0.39, 0.29) is 34.1 Å². The maximum absolute atomic E-state index is 14.3. The van der Waals surface area contributed by atoms with Crippen molar-refractivity contribution in [3.05, 3.63) is 73.5 Å². The Bertz CT molecular complexity index is 1310. The van der Waals surface area contributed by atoms with Crippen LogP contribution in [-0.2, 0) is 23.1 Å². The van der Waals surface area contributed by atoms with Crippen molar-refractivity contribution in [2.24, 2.45) is 0 Å². The van der Waals surface area contributed by atoms with Gasteiger partial charge >= 0.3 is 11.1 Å². The van der Waals surface area contributed by atoms with Crippen molar-refractivity contribution in [1.82, 2.24) is 13.4 Å². The summed E-state index contributed by atoms with van der Waals surface area (Å²) in [7, 11) is -1.01. The lowest BCUT2D eigenvalue weighted by Gasteiger charge is -2.17. The molecular weight excluding hydrogens is 421 g/mol. The largest absolute Gasteiger partial charge is 0.317 e. The quantitative estimate of drug-likeness (QED) is 0.571. The average Bonchev–Trinajstić information content (AvgIpc) is 2.67. The van der Waals surface area contributed by atoms with Gasteiger partial charge in [-0.1, -0.05) is 17.7 Å². The van der Waals surface area contributed by atoms with Crippen LogP contribution in [0.2, 0.25) is 5.02 Å². The van der Waals surface area contributed by atoms with Crippen molar-refractivity contribution in [2.45, 2.75) is 24.9 Å². The molecule has 0 aliphatic carbocycles. The first-order valence-electron chi connectivity index (χ1n) is 8.72. The van der Waals surface area contributed by atoms with E-state index >= 15 is 0 Å². The van der Waals surface area contributed by atoms with Gasteiger partial charge in [-0.05, 0) is 37.3 Å². The van der Waals surface area contributed by atoms with Crippen LogP contribution in [0.15, 0.2) is 50.9 Å². The van der Waals surface area contributed by atoms with Crippen molar-refractivity contribution in [3.63, 3.8) is 0 Å². The number of aryl methyl sites for hydroxylation is 1. The highest BCUT2D eigenvalue weighted by Gasteiger charge is 2.21. The van der Waals surface area contributed by atoms with Gasteiger partial charge in [0.15, 0.2) is 0 Å². The summed E-state index contributed by atoms with van der Waals surface area (Å²) in [6.45, 7) is 1.60. The highest BCUT2D eigenvalue weighted by molar-refractivity contribution is 7.89. The summed E-state index contributed by atoms with van der Waals surface area (Å²) in [6, 6.07) is 8.25. The molecule has 1 aromatic heterocycles. The summed E-state index contributed by atoms with van der Waals surface area (Å²) >= 11 is 6.09. The fraction of sp³-hybridized carbons (Fsp3) is 0.263. The number of nitrogens with zero attached hydrogens (tertiary/aromatic N) is 3. The highest BCUT2D eigenvalue weighted by Crippen LogP contribution is 2.23. The van der Waals surface area contributed by atoms with Crippen LogP contribution in [0.1, 0.15) is 12.5 Å². The zero-order chi connectivity index (χ0) is 21.5. The monoisotopic (exact) mass is 439 g/mol. The van der Waals surface area contributed by atoms with E-state index in [0.717, 1.165) is 8.87 Å². The smallest absolute Gasteiger partial charge is 0.302 e. The summed E-state index contributed by atoms with van der Waals surface area (Å²) < 4.78 is 42.8. The summed E-state index contributed by atoms with van der Waals surface area (Å²) in [4.78, 5) is 25.3. The molecule has 0 radical (unpaired) electrons. The molecule has 0 N–H and O–H groups in total. The number of fused-ring (bicyclic) bond motifs is 1. The van der Waals surface area contributed by atoms with E-state index in [1.807, 2.05) is 0 Å². The minimum atomic E-state index is -3.79. The van der Waals surface area contributed by atoms with E-state index in [4.69, 9.17) is 11.6 Å². The molecule has 0 atom stereocenters. The molecule has 10 heteroatoms. The summed E-state index contributed by atoms with van der Waals surface area (Å²) in [5.41, 5.74) is -1.08. The molecule has 0 fully saturated rings. The first kappa shape index (κ1) is 21.2. The third kappa shape index (κ3) is 3.61. The van der Waals surface area contributed by atoms with Crippen molar-refractivity contribution in [3.8, 4) is 0 Å². The lowest BCUT2D eigenvalue weighted by Crippen LogP contribution is -2.41. The Balaban J connectivity index is 2.40. The highest BCUT2D eigenvalue weighted by atomic mass is 35.5. The van der Waals surface area contributed by atoms with Crippen LogP contribution in [0.4, 0.5) is 4.39 Å². The van der Waals surface area contributed by atoms with Crippen molar-refractivity contribution >= 4 is 32.7 Å². The molecule has 0 spiro atoms. The van der Waals surface area contributed by atoms with Gasteiger partial charge in [-0.2, -0.15) is 0 Å². The van der Waals surface area contributed by atoms with Gasteiger partial charge in [-0.15, -0.1) is 0 Å². The normalized spacial score (nSPS) is 12.1. The molecular formula is C19H19ClFN3O4S. The van der Waals surface area contributed by atoms with Crippen molar-refractivity contribution < 1.29 is 12.8 Å². The Morgan fingerprint density at radius 3 is 2.28 bits per heavy atom. The topological polar surface area (TPSA) is 81.4 Å². The molecule has 0 aliphatic rings. The standard InChI is InChI=1S/C19H19ClFN3O4S/c1-4-23-16-9-8-12(29(27,28)22(2)3)10-17(16)24(19(26)18(23)25)11-13-14(20)6-5-7-15(13)21/h5-10H,4,11H2,1-3H3. The van der Waals surface area contributed by atoms with Gasteiger partial charge in [0.05, 0.1) is 22.5 Å². The van der Waals surface area contributed by atoms with E-state index in [2.05, 4.69) is 0 Å². The summed E-state index contributed by atoms with van der Waals surface area (Å²) in [5, 5.41) is 0.0989. The van der Waals surface area contributed by atoms with Crippen LogP contribution < -0.4 is 11.1 Å². The number of benzene rings is 2. The molecule has 0 aliphatic heterocycles. The molecule has 7 nitrogen and oxygen atoms in total. The Morgan fingerprint density at radius 2 is 1.69 bits per heavy atom. The molecule has 0 unspecified atom stereocenters. The van der Waals surface area contributed by atoms with Crippen LogP contribution in [0.3, 0.4) is 0 Å². The van der Waals surface area contributed by atoms with Crippen LogP contribution in [0.25, 0.3) is 11.0 Å². The van der Waals surface area contributed by atoms with E-state index in [0.29, 0.717) is 5.52 Å². The third-order valence-corrected chi connectivity index (χ3v) is 6.84. The van der Waals surface area contributed by atoms with Crippen LogP contribution in [-0.4, -0.2) is 36.0 Å². The van der Waals surface area contributed by atoms with Crippen LogP contribution >= 0.6 is 11.6 Å².